The van der Waals surface area contributed by atoms with Gasteiger partial charge < -0.3 is 19.3 Å². The molecule has 2 atom stereocenters. The van der Waals surface area contributed by atoms with Crippen molar-refractivity contribution in [3.63, 3.8) is 0 Å². The lowest BCUT2D eigenvalue weighted by atomic mass is 9.79. The highest BCUT2D eigenvalue weighted by Crippen LogP contribution is 2.42. The van der Waals surface area contributed by atoms with Gasteiger partial charge in [0.2, 0.25) is 0 Å². The lowest BCUT2D eigenvalue weighted by Crippen LogP contribution is -2.41. The standard InChI is InChI=1S/C28H37N3O3.C2H6/c1-7-31(18(3)4)28(32)20-11-9-19(10-12-20)27-22-16-25(33-6)26(34-8-2)15-21(22)23-17-30(5)14-13-24(23)29-27;1-2/h9-12,15-16,18,23-24H,7-8,13-14,17H2,1-6H3;1-2H3. The highest BCUT2D eigenvalue weighted by Gasteiger charge is 2.36. The van der Waals surface area contributed by atoms with Crippen LogP contribution in [0.2, 0.25) is 0 Å². The van der Waals surface area contributed by atoms with Gasteiger partial charge in [-0.15, -0.1) is 0 Å². The van der Waals surface area contributed by atoms with Gasteiger partial charge in [0, 0.05) is 41.7 Å². The maximum Gasteiger partial charge on any atom is 0.254 e. The molecule has 0 spiro atoms. The molecule has 1 amide bonds. The van der Waals surface area contributed by atoms with E-state index < -0.39 is 0 Å². The monoisotopic (exact) mass is 493 g/mol. The number of rotatable bonds is 7. The van der Waals surface area contributed by atoms with Crippen molar-refractivity contribution in [3.05, 3.63) is 58.7 Å². The Kier molecular flexibility index (Phi) is 9.55. The molecule has 2 aliphatic heterocycles. The number of ether oxygens (including phenoxy) is 2. The maximum atomic E-state index is 13.0. The molecule has 2 aromatic carbocycles. The molecule has 36 heavy (non-hydrogen) atoms. The summed E-state index contributed by atoms with van der Waals surface area (Å²) in [5.74, 6) is 1.89. The molecule has 2 aromatic rings. The summed E-state index contributed by atoms with van der Waals surface area (Å²) in [6, 6.07) is 12.5. The molecule has 4 rings (SSSR count). The molecule has 0 aromatic heterocycles. The van der Waals surface area contributed by atoms with Gasteiger partial charge in [0.1, 0.15) is 0 Å². The second kappa shape index (κ2) is 12.4. The van der Waals surface area contributed by atoms with E-state index in [0.29, 0.717) is 24.6 Å². The molecule has 0 bridgehead atoms. The van der Waals surface area contributed by atoms with E-state index in [4.69, 9.17) is 14.5 Å². The molecule has 0 aliphatic carbocycles. The molecular formula is C30H43N3O3. The smallest absolute Gasteiger partial charge is 0.254 e. The zero-order valence-corrected chi connectivity index (χ0v) is 23.3. The fraction of sp³-hybridized carbons (Fsp3) is 0.533. The van der Waals surface area contributed by atoms with Crippen LogP contribution < -0.4 is 9.47 Å². The normalized spacial score (nSPS) is 18.9. The second-order valence-electron chi connectivity index (χ2n) is 9.49. The average molecular weight is 494 g/mol. The van der Waals surface area contributed by atoms with Gasteiger partial charge in [-0.3, -0.25) is 9.79 Å². The molecule has 0 radical (unpaired) electrons. The topological polar surface area (TPSA) is 54.4 Å². The average Bonchev–Trinajstić information content (AvgIpc) is 2.89. The summed E-state index contributed by atoms with van der Waals surface area (Å²) in [5, 5.41) is 0. The molecule has 1 fully saturated rings. The number of carbonyl (C=O) groups excluding carboxylic acids is 1. The van der Waals surface area contributed by atoms with Crippen LogP contribution in [-0.4, -0.2) is 73.9 Å². The van der Waals surface area contributed by atoms with Crippen molar-refractivity contribution >= 4 is 11.6 Å². The van der Waals surface area contributed by atoms with Gasteiger partial charge in [-0.25, -0.2) is 0 Å². The zero-order valence-electron chi connectivity index (χ0n) is 23.3. The molecule has 6 heteroatoms. The zero-order chi connectivity index (χ0) is 26.4. The van der Waals surface area contributed by atoms with E-state index in [1.165, 1.54) is 5.56 Å². The first-order chi connectivity index (χ1) is 17.4. The van der Waals surface area contributed by atoms with Gasteiger partial charge >= 0.3 is 0 Å². The number of likely N-dealkylation sites (N-methyl/N-ethyl adjacent to an activating group) is 1. The Labute approximate surface area is 217 Å². The molecule has 2 unspecified atom stereocenters. The minimum atomic E-state index is 0.0634. The maximum absolute atomic E-state index is 13.0. The number of nitrogens with zero attached hydrogens (tertiary/aromatic N) is 3. The Morgan fingerprint density at radius 1 is 1.14 bits per heavy atom. The van der Waals surface area contributed by atoms with Crippen LogP contribution in [0.5, 0.6) is 11.5 Å². The van der Waals surface area contributed by atoms with E-state index in [9.17, 15) is 4.79 Å². The molecule has 196 valence electrons. The van der Waals surface area contributed by atoms with Crippen molar-refractivity contribution in [2.45, 2.75) is 66.0 Å². The minimum Gasteiger partial charge on any atom is -0.493 e. The van der Waals surface area contributed by atoms with Crippen LogP contribution in [0, 0.1) is 0 Å². The first-order valence-electron chi connectivity index (χ1n) is 13.4. The first kappa shape index (κ1) is 27.7. The fourth-order valence-electron chi connectivity index (χ4n) is 5.22. The summed E-state index contributed by atoms with van der Waals surface area (Å²) in [6.07, 6.45) is 1.02. The highest BCUT2D eigenvalue weighted by molar-refractivity contribution is 6.15. The van der Waals surface area contributed by atoms with E-state index >= 15 is 0 Å². The Morgan fingerprint density at radius 3 is 2.42 bits per heavy atom. The number of fused-ring (bicyclic) bond motifs is 3. The molecule has 1 saturated heterocycles. The summed E-state index contributed by atoms with van der Waals surface area (Å²) in [4.78, 5) is 22.5. The number of carbonyl (C=O) groups is 1. The van der Waals surface area contributed by atoms with Crippen LogP contribution in [0.15, 0.2) is 41.4 Å². The summed E-state index contributed by atoms with van der Waals surface area (Å²) in [5.41, 5.74) is 5.06. The van der Waals surface area contributed by atoms with Crippen LogP contribution in [0.25, 0.3) is 0 Å². The molecule has 0 N–H and O–H groups in total. The van der Waals surface area contributed by atoms with Crippen molar-refractivity contribution in [2.24, 2.45) is 4.99 Å². The van der Waals surface area contributed by atoms with E-state index in [-0.39, 0.29) is 18.0 Å². The van der Waals surface area contributed by atoms with Crippen molar-refractivity contribution in [1.29, 1.82) is 0 Å². The van der Waals surface area contributed by atoms with Crippen LogP contribution in [0.3, 0.4) is 0 Å². The van der Waals surface area contributed by atoms with Crippen molar-refractivity contribution < 1.29 is 14.3 Å². The van der Waals surface area contributed by atoms with Gasteiger partial charge in [0.25, 0.3) is 5.91 Å². The van der Waals surface area contributed by atoms with E-state index in [1.54, 1.807) is 7.11 Å². The Bertz CT molecular complexity index is 1060. The van der Waals surface area contributed by atoms with Gasteiger partial charge in [0.05, 0.1) is 25.5 Å². The minimum absolute atomic E-state index is 0.0634. The molecule has 0 saturated carbocycles. The Hall–Kier alpha value is -2.86. The van der Waals surface area contributed by atoms with E-state index in [1.807, 2.05) is 70.7 Å². The quantitative estimate of drug-likeness (QED) is 0.502. The van der Waals surface area contributed by atoms with Gasteiger partial charge in [-0.1, -0.05) is 26.0 Å². The van der Waals surface area contributed by atoms with Gasteiger partial charge in [-0.05, 0) is 77.5 Å². The largest absolute Gasteiger partial charge is 0.493 e. The van der Waals surface area contributed by atoms with E-state index in [2.05, 4.69) is 24.1 Å². The van der Waals surface area contributed by atoms with Crippen LogP contribution in [0.1, 0.15) is 80.9 Å². The number of likely N-dealkylation sites (tertiary alicyclic amines) is 1. The molecule has 2 heterocycles. The predicted octanol–water partition coefficient (Wildman–Crippen LogP) is 5.63. The third kappa shape index (κ3) is 5.59. The summed E-state index contributed by atoms with van der Waals surface area (Å²) in [7, 11) is 3.85. The molecular weight excluding hydrogens is 450 g/mol. The number of benzene rings is 2. The lowest BCUT2D eigenvalue weighted by molar-refractivity contribution is 0.0717. The molecule has 2 aliphatic rings. The summed E-state index contributed by atoms with van der Waals surface area (Å²) in [6.45, 7) is 15.4. The van der Waals surface area contributed by atoms with Gasteiger partial charge in [0.15, 0.2) is 11.5 Å². The fourth-order valence-corrected chi connectivity index (χ4v) is 5.22. The number of aliphatic imine (C=N–C) groups is 1. The highest BCUT2D eigenvalue weighted by atomic mass is 16.5. The third-order valence-electron chi connectivity index (χ3n) is 6.99. The number of hydrogen-bond acceptors (Lipinski definition) is 5. The number of methoxy groups -OCH3 is 1. The van der Waals surface area contributed by atoms with Crippen molar-refractivity contribution in [2.75, 3.05) is 40.4 Å². The molecule has 6 nitrogen and oxygen atoms in total. The van der Waals surface area contributed by atoms with Crippen LogP contribution in [0.4, 0.5) is 0 Å². The lowest BCUT2D eigenvalue weighted by Gasteiger charge is -2.39. The number of hydrogen-bond donors (Lipinski definition) is 0. The Morgan fingerprint density at radius 2 is 1.83 bits per heavy atom. The van der Waals surface area contributed by atoms with Crippen molar-refractivity contribution in [3.8, 4) is 11.5 Å². The Balaban J connectivity index is 0.00000176. The summed E-state index contributed by atoms with van der Waals surface area (Å²) < 4.78 is 11.6. The number of amides is 1. The SMILES string of the molecule is CC.CCOc1cc2c(cc1OC)C(c1ccc(C(=O)N(CC)C(C)C)cc1)=NC1CCN(C)CC21. The second-order valence-corrected chi connectivity index (χ2v) is 9.49. The summed E-state index contributed by atoms with van der Waals surface area (Å²) >= 11 is 0. The van der Waals surface area contributed by atoms with Crippen LogP contribution in [-0.2, 0) is 0 Å². The first-order valence-corrected chi connectivity index (χ1v) is 13.4. The van der Waals surface area contributed by atoms with Crippen LogP contribution >= 0.6 is 0 Å². The van der Waals surface area contributed by atoms with E-state index in [0.717, 1.165) is 47.8 Å². The van der Waals surface area contributed by atoms with Crippen molar-refractivity contribution in [1.82, 2.24) is 9.80 Å². The number of piperidine rings is 1. The third-order valence-corrected chi connectivity index (χ3v) is 6.99. The predicted molar refractivity (Wildman–Crippen MR) is 148 cm³/mol. The van der Waals surface area contributed by atoms with Gasteiger partial charge in [-0.2, -0.15) is 0 Å².